The molecule has 1 aromatic rings. The number of nitriles is 1. The predicted molar refractivity (Wildman–Crippen MR) is 46.3 cm³/mol. The van der Waals surface area contributed by atoms with Gasteiger partial charge >= 0.3 is 0 Å². The van der Waals surface area contributed by atoms with Crippen LogP contribution in [0.2, 0.25) is 5.22 Å². The smallest absolute Gasteiger partial charge is 0.257 e. The Hall–Kier alpha value is -1.47. The lowest BCUT2D eigenvalue weighted by molar-refractivity contribution is 0.0947. The first-order valence-electron chi connectivity index (χ1n) is 3.58. The van der Waals surface area contributed by atoms with Crippen molar-refractivity contribution in [1.29, 1.82) is 5.26 Å². The van der Waals surface area contributed by atoms with Gasteiger partial charge in [0.05, 0.1) is 17.9 Å². The summed E-state index contributed by atoms with van der Waals surface area (Å²) in [4.78, 5) is 11.3. The first kappa shape index (κ1) is 9.62. The average molecular weight is 199 g/mol. The van der Waals surface area contributed by atoms with Gasteiger partial charge in [0.1, 0.15) is 6.04 Å². The highest BCUT2D eigenvalue weighted by atomic mass is 35.5. The van der Waals surface area contributed by atoms with Gasteiger partial charge in [0.15, 0.2) is 0 Å². The van der Waals surface area contributed by atoms with Crippen molar-refractivity contribution < 1.29 is 9.21 Å². The summed E-state index contributed by atoms with van der Waals surface area (Å²) < 4.78 is 4.72. The van der Waals surface area contributed by atoms with Gasteiger partial charge in [0.2, 0.25) is 5.22 Å². The summed E-state index contributed by atoms with van der Waals surface area (Å²) in [5.41, 5.74) is 0.240. The molecule has 5 heteroatoms. The van der Waals surface area contributed by atoms with E-state index in [2.05, 4.69) is 5.32 Å². The molecule has 1 N–H and O–H groups in total. The minimum Gasteiger partial charge on any atom is -0.452 e. The maximum Gasteiger partial charge on any atom is 0.257 e. The number of hydrogen-bond acceptors (Lipinski definition) is 3. The molecule has 1 amide bonds. The van der Waals surface area contributed by atoms with E-state index in [0.717, 1.165) is 0 Å². The van der Waals surface area contributed by atoms with Crippen LogP contribution >= 0.6 is 11.6 Å². The zero-order valence-electron chi connectivity index (χ0n) is 6.87. The van der Waals surface area contributed by atoms with Crippen molar-refractivity contribution >= 4 is 17.5 Å². The van der Waals surface area contributed by atoms with E-state index < -0.39 is 11.9 Å². The van der Waals surface area contributed by atoms with Crippen LogP contribution in [0.25, 0.3) is 0 Å². The summed E-state index contributed by atoms with van der Waals surface area (Å²) >= 11 is 5.55. The van der Waals surface area contributed by atoms with Crippen LogP contribution in [0.4, 0.5) is 0 Å². The molecular formula is C8H7ClN2O2. The number of nitrogens with one attached hydrogen (secondary N) is 1. The van der Waals surface area contributed by atoms with Gasteiger partial charge in [-0.05, 0) is 24.6 Å². The fourth-order valence-electron chi connectivity index (χ4n) is 0.762. The zero-order chi connectivity index (χ0) is 9.84. The van der Waals surface area contributed by atoms with Crippen molar-refractivity contribution in [3.8, 4) is 6.07 Å². The monoisotopic (exact) mass is 198 g/mol. The Kier molecular flexibility index (Phi) is 2.93. The molecule has 13 heavy (non-hydrogen) atoms. The van der Waals surface area contributed by atoms with Crippen molar-refractivity contribution in [3.63, 3.8) is 0 Å². The summed E-state index contributed by atoms with van der Waals surface area (Å²) in [6.07, 6.45) is 1.31. The number of amides is 1. The number of hydrogen-bond donors (Lipinski definition) is 1. The number of carbonyl (C=O) groups is 1. The van der Waals surface area contributed by atoms with E-state index in [9.17, 15) is 4.79 Å². The van der Waals surface area contributed by atoms with E-state index in [0.29, 0.717) is 0 Å². The molecule has 0 aliphatic rings. The predicted octanol–water partition coefficient (Wildman–Crippen LogP) is 1.57. The Morgan fingerprint density at radius 2 is 2.54 bits per heavy atom. The molecule has 1 heterocycles. The van der Waals surface area contributed by atoms with Crippen LogP contribution in [0, 0.1) is 11.3 Å². The largest absolute Gasteiger partial charge is 0.452 e. The Morgan fingerprint density at radius 3 is 3.00 bits per heavy atom. The second-order valence-electron chi connectivity index (χ2n) is 2.43. The summed E-state index contributed by atoms with van der Waals surface area (Å²) in [5.74, 6) is -0.409. The molecule has 0 saturated heterocycles. The Bertz CT molecular complexity index is 353. The topological polar surface area (TPSA) is 66.0 Å². The Balaban J connectivity index is 2.71. The molecule has 0 aliphatic heterocycles. The van der Waals surface area contributed by atoms with Crippen LogP contribution in [0.15, 0.2) is 16.7 Å². The standard InChI is InChI=1S/C8H7ClN2O2/c1-5(4-10)11-8(12)6-2-3-13-7(6)9/h2-3,5H,1H3,(H,11,12)/t5-/m0/s1. The van der Waals surface area contributed by atoms with Crippen molar-refractivity contribution in [1.82, 2.24) is 5.32 Å². The zero-order valence-corrected chi connectivity index (χ0v) is 7.63. The number of halogens is 1. The Morgan fingerprint density at radius 1 is 1.85 bits per heavy atom. The molecule has 1 rings (SSSR count). The van der Waals surface area contributed by atoms with Gasteiger partial charge in [-0.3, -0.25) is 4.79 Å². The molecule has 0 aliphatic carbocycles. The van der Waals surface area contributed by atoms with Gasteiger partial charge in [-0.25, -0.2) is 0 Å². The Labute approximate surface area is 80.1 Å². The quantitative estimate of drug-likeness (QED) is 0.785. The van der Waals surface area contributed by atoms with E-state index in [1.807, 2.05) is 6.07 Å². The molecule has 0 aromatic carbocycles. The minimum atomic E-state index is -0.543. The number of carbonyl (C=O) groups excluding carboxylic acids is 1. The summed E-state index contributed by atoms with van der Waals surface area (Å²) in [6, 6.07) is 2.77. The SMILES string of the molecule is C[C@@H](C#N)NC(=O)c1ccoc1Cl. The van der Waals surface area contributed by atoms with Crippen LogP contribution in [0.3, 0.4) is 0 Å². The molecule has 1 atom stereocenters. The van der Waals surface area contributed by atoms with Crippen LogP contribution in [0.5, 0.6) is 0 Å². The number of nitrogens with zero attached hydrogens (tertiary/aromatic N) is 1. The second kappa shape index (κ2) is 3.97. The van der Waals surface area contributed by atoms with Gasteiger partial charge in [0, 0.05) is 0 Å². The van der Waals surface area contributed by atoms with Gasteiger partial charge < -0.3 is 9.73 Å². The van der Waals surface area contributed by atoms with Crippen LogP contribution in [0.1, 0.15) is 17.3 Å². The van der Waals surface area contributed by atoms with Crippen molar-refractivity contribution in [2.75, 3.05) is 0 Å². The number of furan rings is 1. The fraction of sp³-hybridized carbons (Fsp3) is 0.250. The fourth-order valence-corrected chi connectivity index (χ4v) is 0.963. The normalized spacial score (nSPS) is 11.8. The third kappa shape index (κ3) is 2.23. The molecule has 0 radical (unpaired) electrons. The van der Waals surface area contributed by atoms with Crippen molar-refractivity contribution in [2.45, 2.75) is 13.0 Å². The molecule has 0 fully saturated rings. The van der Waals surface area contributed by atoms with Gasteiger partial charge in [-0.2, -0.15) is 5.26 Å². The van der Waals surface area contributed by atoms with Gasteiger partial charge in [-0.15, -0.1) is 0 Å². The first-order valence-corrected chi connectivity index (χ1v) is 3.96. The highest BCUT2D eigenvalue weighted by Gasteiger charge is 2.14. The third-order valence-electron chi connectivity index (χ3n) is 1.40. The van der Waals surface area contributed by atoms with Crippen LogP contribution in [-0.2, 0) is 0 Å². The van der Waals surface area contributed by atoms with E-state index >= 15 is 0 Å². The molecule has 1 aromatic heterocycles. The lowest BCUT2D eigenvalue weighted by Gasteiger charge is -2.03. The highest BCUT2D eigenvalue weighted by Crippen LogP contribution is 2.16. The van der Waals surface area contributed by atoms with Crippen molar-refractivity contribution in [2.24, 2.45) is 0 Å². The number of rotatable bonds is 2. The van der Waals surface area contributed by atoms with Gasteiger partial charge in [0.25, 0.3) is 5.91 Å². The summed E-state index contributed by atoms with van der Waals surface area (Å²) in [7, 11) is 0. The molecule has 0 unspecified atom stereocenters. The van der Waals surface area contributed by atoms with Crippen LogP contribution in [-0.4, -0.2) is 11.9 Å². The molecule has 68 valence electrons. The van der Waals surface area contributed by atoms with Crippen molar-refractivity contribution in [3.05, 3.63) is 23.1 Å². The van der Waals surface area contributed by atoms with E-state index in [4.69, 9.17) is 21.3 Å². The third-order valence-corrected chi connectivity index (χ3v) is 1.70. The maximum atomic E-state index is 11.3. The lowest BCUT2D eigenvalue weighted by atomic mass is 10.3. The van der Waals surface area contributed by atoms with Gasteiger partial charge in [-0.1, -0.05) is 0 Å². The summed E-state index contributed by atoms with van der Waals surface area (Å²) in [6.45, 7) is 1.58. The lowest BCUT2D eigenvalue weighted by Crippen LogP contribution is -2.31. The molecule has 0 bridgehead atoms. The first-order chi connectivity index (χ1) is 6.15. The summed E-state index contributed by atoms with van der Waals surface area (Å²) in [5, 5.41) is 10.9. The molecule has 0 spiro atoms. The average Bonchev–Trinajstić information content (AvgIpc) is 2.51. The van der Waals surface area contributed by atoms with Crippen LogP contribution < -0.4 is 5.32 Å². The van der Waals surface area contributed by atoms with E-state index in [-0.39, 0.29) is 10.8 Å². The van der Waals surface area contributed by atoms with E-state index in [1.165, 1.54) is 12.3 Å². The van der Waals surface area contributed by atoms with E-state index in [1.54, 1.807) is 6.92 Å². The molecule has 4 nitrogen and oxygen atoms in total. The molecular weight excluding hydrogens is 192 g/mol. The maximum absolute atomic E-state index is 11.3. The second-order valence-corrected chi connectivity index (χ2v) is 2.78. The molecule has 0 saturated carbocycles. The highest BCUT2D eigenvalue weighted by molar-refractivity contribution is 6.32. The minimum absolute atomic E-state index is 0.0302.